The summed E-state index contributed by atoms with van der Waals surface area (Å²) >= 11 is 1.36. The lowest BCUT2D eigenvalue weighted by molar-refractivity contribution is -0.134. The third kappa shape index (κ3) is 11.1. The predicted molar refractivity (Wildman–Crippen MR) is 137 cm³/mol. The molecule has 1 aromatic carbocycles. The molecule has 2 aromatic rings. The van der Waals surface area contributed by atoms with E-state index in [0.717, 1.165) is 45.2 Å². The SMILES string of the molecule is CC(=O)O.CSNc1ccc(OCCN(C)C2CCN(c3nc(C(C)C)no3)CC2)cc1F.O=CO. The molecule has 1 aromatic heterocycles. The van der Waals surface area contributed by atoms with Gasteiger partial charge in [0, 0.05) is 50.8 Å². The van der Waals surface area contributed by atoms with Crippen molar-refractivity contribution in [2.75, 3.05) is 49.2 Å². The van der Waals surface area contributed by atoms with Gasteiger partial charge < -0.3 is 29.1 Å². The minimum Gasteiger partial charge on any atom is -0.492 e. The van der Waals surface area contributed by atoms with E-state index in [1.807, 2.05) is 6.26 Å². The lowest BCUT2D eigenvalue weighted by atomic mass is 10.0. The highest BCUT2D eigenvalue weighted by Crippen LogP contribution is 2.24. The number of rotatable bonds is 9. The van der Waals surface area contributed by atoms with Crippen LogP contribution < -0.4 is 14.4 Å². The highest BCUT2D eigenvalue weighted by Gasteiger charge is 2.25. The number of nitrogens with one attached hydrogen (secondary N) is 1. The number of aromatic nitrogens is 2. The highest BCUT2D eigenvalue weighted by atomic mass is 32.2. The van der Waals surface area contributed by atoms with Crippen LogP contribution in [0.4, 0.5) is 16.1 Å². The number of piperidine rings is 1. The molecule has 0 bridgehead atoms. The fourth-order valence-corrected chi connectivity index (χ4v) is 3.74. The Morgan fingerprint density at radius 2 is 2.03 bits per heavy atom. The second-order valence-corrected chi connectivity index (χ2v) is 8.82. The van der Waals surface area contributed by atoms with Crippen molar-refractivity contribution in [1.29, 1.82) is 0 Å². The van der Waals surface area contributed by atoms with E-state index >= 15 is 0 Å². The molecule has 3 N–H and O–H groups in total. The van der Waals surface area contributed by atoms with Gasteiger partial charge in [0.2, 0.25) is 0 Å². The van der Waals surface area contributed by atoms with Gasteiger partial charge in [-0.2, -0.15) is 4.98 Å². The van der Waals surface area contributed by atoms with Crippen LogP contribution in [0.5, 0.6) is 5.75 Å². The van der Waals surface area contributed by atoms with Crippen LogP contribution in [0.15, 0.2) is 22.7 Å². The number of halogens is 1. The highest BCUT2D eigenvalue weighted by molar-refractivity contribution is 7.99. The molecule has 36 heavy (non-hydrogen) atoms. The summed E-state index contributed by atoms with van der Waals surface area (Å²) in [5.41, 5.74) is 0.468. The number of carbonyl (C=O) groups is 2. The number of likely N-dealkylation sites (N-methyl/N-ethyl adjacent to an activating group) is 1. The molecule has 0 aliphatic carbocycles. The predicted octanol–water partition coefficient (Wildman–Crippen LogP) is 3.79. The number of carboxylic acids is 1. The minimum absolute atomic E-state index is 0.250. The van der Waals surface area contributed by atoms with Gasteiger partial charge in [0.1, 0.15) is 12.4 Å². The maximum absolute atomic E-state index is 13.9. The van der Waals surface area contributed by atoms with Crippen molar-refractivity contribution < 1.29 is 33.5 Å². The Hall–Kier alpha value is -3.06. The summed E-state index contributed by atoms with van der Waals surface area (Å²) in [6.07, 6.45) is 3.91. The molecular formula is C23H36FN5O6S. The van der Waals surface area contributed by atoms with Crippen molar-refractivity contribution in [3.8, 4) is 5.75 Å². The van der Waals surface area contributed by atoms with Crippen LogP contribution in [-0.4, -0.2) is 83.3 Å². The number of aliphatic carboxylic acids is 1. The fraction of sp³-hybridized carbons (Fsp3) is 0.565. The van der Waals surface area contributed by atoms with Crippen molar-refractivity contribution in [2.24, 2.45) is 0 Å². The first-order valence-corrected chi connectivity index (χ1v) is 12.6. The van der Waals surface area contributed by atoms with Gasteiger partial charge in [0.25, 0.3) is 12.4 Å². The van der Waals surface area contributed by atoms with Gasteiger partial charge in [-0.15, -0.1) is 0 Å². The summed E-state index contributed by atoms with van der Waals surface area (Å²) in [6, 6.07) is 6.01. The van der Waals surface area contributed by atoms with Crippen molar-refractivity contribution in [2.45, 2.75) is 45.6 Å². The van der Waals surface area contributed by atoms with E-state index in [0.29, 0.717) is 30.1 Å². The van der Waals surface area contributed by atoms with Crippen LogP contribution in [0.1, 0.15) is 45.4 Å². The van der Waals surface area contributed by atoms with E-state index in [4.69, 9.17) is 29.1 Å². The zero-order valence-electron chi connectivity index (χ0n) is 21.3. The summed E-state index contributed by atoms with van der Waals surface area (Å²) in [5.74, 6) is 0.432. The Bertz CT molecular complexity index is 920. The number of hydrogen-bond donors (Lipinski definition) is 3. The fourth-order valence-electron chi connectivity index (χ4n) is 3.36. The summed E-state index contributed by atoms with van der Waals surface area (Å²) in [4.78, 5) is 26.3. The molecule has 202 valence electrons. The average molecular weight is 530 g/mol. The second kappa shape index (κ2) is 16.6. The monoisotopic (exact) mass is 529 g/mol. The largest absolute Gasteiger partial charge is 0.492 e. The van der Waals surface area contributed by atoms with Crippen molar-refractivity contribution in [3.05, 3.63) is 29.8 Å². The van der Waals surface area contributed by atoms with Gasteiger partial charge in [-0.05, 0) is 32.0 Å². The van der Waals surface area contributed by atoms with Gasteiger partial charge in [0.15, 0.2) is 11.6 Å². The molecule has 13 heteroatoms. The number of hydrogen-bond acceptors (Lipinski definition) is 10. The van der Waals surface area contributed by atoms with E-state index in [1.165, 1.54) is 18.0 Å². The Kier molecular flexibility index (Phi) is 14.3. The molecule has 1 aliphatic heterocycles. The van der Waals surface area contributed by atoms with E-state index in [9.17, 15) is 4.39 Å². The maximum atomic E-state index is 13.9. The standard InChI is InChI=1S/C20H30FN5O2S.C2H4O2.CH2O2/c1-14(2)19-22-20(28-23-19)26-9-7-15(8-10-26)25(3)11-12-27-16-5-6-18(24-29-4)17(21)13-16;1-2(3)4;2-1-3/h5-6,13-15,24H,7-12H2,1-4H3;1H3,(H,3,4);1H,(H,2,3). The number of anilines is 2. The molecule has 11 nitrogen and oxygen atoms in total. The summed E-state index contributed by atoms with van der Waals surface area (Å²) < 4.78 is 28.0. The van der Waals surface area contributed by atoms with Crippen LogP contribution in [0.2, 0.25) is 0 Å². The first kappa shape index (κ1) is 31.0. The zero-order valence-corrected chi connectivity index (χ0v) is 22.1. The van der Waals surface area contributed by atoms with Crippen LogP contribution in [-0.2, 0) is 9.59 Å². The molecule has 0 unspecified atom stereocenters. The Labute approximate surface area is 215 Å². The van der Waals surface area contributed by atoms with Crippen LogP contribution in [0.3, 0.4) is 0 Å². The minimum atomic E-state index is -0.833. The third-order valence-corrected chi connectivity index (χ3v) is 5.60. The van der Waals surface area contributed by atoms with Gasteiger partial charge in [-0.3, -0.25) is 14.5 Å². The molecule has 0 atom stereocenters. The molecule has 1 saturated heterocycles. The number of benzene rings is 1. The van der Waals surface area contributed by atoms with Gasteiger partial charge >= 0.3 is 6.01 Å². The Balaban J connectivity index is 0.000000825. The van der Waals surface area contributed by atoms with E-state index in [-0.39, 0.29) is 18.2 Å². The van der Waals surface area contributed by atoms with Gasteiger partial charge in [-0.1, -0.05) is 31.0 Å². The summed E-state index contributed by atoms with van der Waals surface area (Å²) in [5, 5.41) is 18.4. The molecule has 0 amide bonds. The quantitative estimate of drug-likeness (QED) is 0.321. The molecule has 0 saturated carbocycles. The molecule has 1 aliphatic rings. The lowest BCUT2D eigenvalue weighted by Crippen LogP contribution is -2.44. The molecule has 3 rings (SSSR count). The molecular weight excluding hydrogens is 493 g/mol. The topological polar surface area (TPSA) is 141 Å². The normalized spacial score (nSPS) is 13.4. The molecule has 0 spiro atoms. The van der Waals surface area contributed by atoms with Gasteiger partial charge in [0.05, 0.1) is 5.69 Å². The van der Waals surface area contributed by atoms with Crippen LogP contribution in [0, 0.1) is 5.82 Å². The first-order valence-electron chi connectivity index (χ1n) is 11.4. The average Bonchev–Trinajstić information content (AvgIpc) is 3.32. The molecule has 1 fully saturated rings. The van der Waals surface area contributed by atoms with Crippen LogP contribution in [0.25, 0.3) is 0 Å². The lowest BCUT2D eigenvalue weighted by Gasteiger charge is -2.35. The van der Waals surface area contributed by atoms with Crippen molar-refractivity contribution >= 4 is 36.1 Å². The number of nitrogens with zero attached hydrogens (tertiary/aromatic N) is 4. The Morgan fingerprint density at radius 1 is 1.42 bits per heavy atom. The molecule has 2 heterocycles. The second-order valence-electron chi connectivity index (χ2n) is 8.21. The smallest absolute Gasteiger partial charge is 0.324 e. The van der Waals surface area contributed by atoms with Crippen LogP contribution >= 0.6 is 11.9 Å². The maximum Gasteiger partial charge on any atom is 0.324 e. The van der Waals surface area contributed by atoms with Gasteiger partial charge in [-0.25, -0.2) is 4.39 Å². The number of ether oxygens (including phenoxy) is 1. The first-order chi connectivity index (χ1) is 17.1. The van der Waals surface area contributed by atoms with E-state index < -0.39 is 5.97 Å². The Morgan fingerprint density at radius 3 is 2.53 bits per heavy atom. The van der Waals surface area contributed by atoms with Crippen molar-refractivity contribution in [1.82, 2.24) is 15.0 Å². The summed E-state index contributed by atoms with van der Waals surface area (Å²) in [6.45, 7) is 8.04. The van der Waals surface area contributed by atoms with E-state index in [1.54, 1.807) is 12.1 Å². The third-order valence-electron chi connectivity index (χ3n) is 5.17. The molecule has 0 radical (unpaired) electrons. The number of carboxylic acid groups (broad SMARTS) is 2. The van der Waals surface area contributed by atoms with Crippen molar-refractivity contribution in [3.63, 3.8) is 0 Å². The summed E-state index contributed by atoms with van der Waals surface area (Å²) in [7, 11) is 2.11. The zero-order chi connectivity index (χ0) is 27.1. The van der Waals surface area contributed by atoms with E-state index in [2.05, 4.69) is 45.6 Å².